The number of rotatable bonds is 3. The zero-order valence-electron chi connectivity index (χ0n) is 8.77. The molecule has 3 unspecified atom stereocenters. The Morgan fingerprint density at radius 2 is 2.00 bits per heavy atom. The number of alkyl halides is 2. The fraction of sp³-hybridized carbons (Fsp3) is 0.917. The van der Waals surface area contributed by atoms with Crippen LogP contribution in [0, 0.1) is 17.3 Å². The van der Waals surface area contributed by atoms with Crippen molar-refractivity contribution in [2.45, 2.75) is 50.9 Å². The highest BCUT2D eigenvalue weighted by molar-refractivity contribution is 5.88. The third-order valence-corrected chi connectivity index (χ3v) is 4.60. The summed E-state index contributed by atoms with van der Waals surface area (Å²) < 4.78 is 25.4. The van der Waals surface area contributed by atoms with Gasteiger partial charge in [-0.2, -0.15) is 0 Å². The van der Waals surface area contributed by atoms with E-state index in [1.54, 1.807) is 0 Å². The number of fused-ring (bicyclic) bond motifs is 1. The van der Waals surface area contributed by atoms with Crippen molar-refractivity contribution in [3.05, 3.63) is 0 Å². The van der Waals surface area contributed by atoms with E-state index in [0.29, 0.717) is 5.92 Å². The topological polar surface area (TPSA) is 17.1 Å². The van der Waals surface area contributed by atoms with E-state index >= 15 is 0 Å². The van der Waals surface area contributed by atoms with Crippen LogP contribution in [0.4, 0.5) is 8.78 Å². The highest BCUT2D eigenvalue weighted by Gasteiger charge is 2.63. The predicted molar refractivity (Wildman–Crippen MR) is 51.7 cm³/mol. The second kappa shape index (κ2) is 2.80. The Morgan fingerprint density at radius 1 is 1.27 bits per heavy atom. The predicted octanol–water partition coefficient (Wildman–Crippen LogP) is 3.18. The number of hydrogen-bond donors (Lipinski definition) is 0. The van der Waals surface area contributed by atoms with E-state index in [9.17, 15) is 13.6 Å². The number of halogens is 2. The first kappa shape index (κ1) is 9.73. The van der Waals surface area contributed by atoms with Crippen LogP contribution in [0.15, 0.2) is 0 Å². The molecular formula is C12H16F2O. The van der Waals surface area contributed by atoms with Crippen LogP contribution in [0.2, 0.25) is 0 Å². The molecule has 0 heterocycles. The first-order valence-corrected chi connectivity index (χ1v) is 5.96. The molecule has 1 nitrogen and oxygen atoms in total. The largest absolute Gasteiger partial charge is 0.299 e. The normalized spacial score (nSPS) is 45.7. The summed E-state index contributed by atoms with van der Waals surface area (Å²) in [5.74, 6) is -2.45. The SMILES string of the molecule is O=C(CC1CC1(F)F)C12CCCCC1C2. The molecule has 3 aliphatic carbocycles. The zero-order valence-corrected chi connectivity index (χ0v) is 8.77. The van der Waals surface area contributed by atoms with Gasteiger partial charge in [0, 0.05) is 24.2 Å². The van der Waals surface area contributed by atoms with Gasteiger partial charge in [0.15, 0.2) is 0 Å². The van der Waals surface area contributed by atoms with Gasteiger partial charge in [0.05, 0.1) is 0 Å². The number of hydrogen-bond acceptors (Lipinski definition) is 1. The zero-order chi connectivity index (χ0) is 10.7. The van der Waals surface area contributed by atoms with Crippen LogP contribution in [0.5, 0.6) is 0 Å². The molecule has 3 fully saturated rings. The van der Waals surface area contributed by atoms with Gasteiger partial charge in [-0.05, 0) is 25.2 Å². The van der Waals surface area contributed by atoms with Crippen molar-refractivity contribution in [1.82, 2.24) is 0 Å². The molecule has 3 rings (SSSR count). The molecule has 15 heavy (non-hydrogen) atoms. The average molecular weight is 214 g/mol. The molecule has 3 heteroatoms. The number of Topliss-reactive ketones (excluding diaryl/α,β-unsaturated/α-hetero) is 1. The smallest absolute Gasteiger partial charge is 0.252 e. The quantitative estimate of drug-likeness (QED) is 0.705. The van der Waals surface area contributed by atoms with Crippen LogP contribution in [-0.2, 0) is 4.79 Å². The lowest BCUT2D eigenvalue weighted by atomic mass is 9.83. The second-order valence-electron chi connectivity index (χ2n) is 5.59. The number of carbonyl (C=O) groups is 1. The number of carbonyl (C=O) groups excluding carboxylic acids is 1. The van der Waals surface area contributed by atoms with E-state index in [0.717, 1.165) is 25.7 Å². The number of ketones is 1. The van der Waals surface area contributed by atoms with Crippen molar-refractivity contribution in [3.8, 4) is 0 Å². The molecule has 0 aromatic carbocycles. The van der Waals surface area contributed by atoms with Crippen LogP contribution >= 0.6 is 0 Å². The Morgan fingerprint density at radius 3 is 2.60 bits per heavy atom. The minimum Gasteiger partial charge on any atom is -0.299 e. The van der Waals surface area contributed by atoms with E-state index in [1.165, 1.54) is 6.42 Å². The monoisotopic (exact) mass is 214 g/mol. The minimum absolute atomic E-state index is 0.0561. The molecule has 0 spiro atoms. The van der Waals surface area contributed by atoms with Gasteiger partial charge in [0.25, 0.3) is 5.92 Å². The molecule has 0 aromatic heterocycles. The highest BCUT2D eigenvalue weighted by atomic mass is 19.3. The summed E-state index contributed by atoms with van der Waals surface area (Å²) in [4.78, 5) is 12.0. The van der Waals surface area contributed by atoms with Crippen LogP contribution in [-0.4, -0.2) is 11.7 Å². The summed E-state index contributed by atoms with van der Waals surface area (Å²) in [6.07, 6.45) is 5.53. The van der Waals surface area contributed by atoms with E-state index in [4.69, 9.17) is 0 Å². The molecule has 3 saturated carbocycles. The molecule has 0 amide bonds. The molecule has 84 valence electrons. The Balaban J connectivity index is 1.61. The van der Waals surface area contributed by atoms with Crippen molar-refractivity contribution in [2.75, 3.05) is 0 Å². The molecule has 0 aliphatic heterocycles. The fourth-order valence-electron chi connectivity index (χ4n) is 3.30. The lowest BCUT2D eigenvalue weighted by molar-refractivity contribution is -0.126. The van der Waals surface area contributed by atoms with E-state index in [1.807, 2.05) is 0 Å². The summed E-state index contributed by atoms with van der Waals surface area (Å²) in [6.45, 7) is 0. The summed E-state index contributed by atoms with van der Waals surface area (Å²) >= 11 is 0. The molecule has 0 N–H and O–H groups in total. The van der Waals surface area contributed by atoms with Crippen LogP contribution < -0.4 is 0 Å². The third-order valence-electron chi connectivity index (χ3n) is 4.60. The summed E-state index contributed by atoms with van der Waals surface area (Å²) in [6, 6.07) is 0. The van der Waals surface area contributed by atoms with Crippen molar-refractivity contribution < 1.29 is 13.6 Å². The lowest BCUT2D eigenvalue weighted by Crippen LogP contribution is -2.22. The van der Waals surface area contributed by atoms with Gasteiger partial charge in [0.2, 0.25) is 0 Å². The summed E-state index contributed by atoms with van der Waals surface area (Å²) in [5.41, 5.74) is -0.128. The van der Waals surface area contributed by atoms with Crippen molar-refractivity contribution >= 4 is 5.78 Å². The van der Waals surface area contributed by atoms with E-state index in [2.05, 4.69) is 0 Å². The molecular weight excluding hydrogens is 198 g/mol. The highest BCUT2D eigenvalue weighted by Crippen LogP contribution is 2.64. The van der Waals surface area contributed by atoms with Gasteiger partial charge >= 0.3 is 0 Å². The first-order chi connectivity index (χ1) is 7.05. The van der Waals surface area contributed by atoms with Crippen LogP contribution in [0.3, 0.4) is 0 Å². The summed E-state index contributed by atoms with van der Waals surface area (Å²) in [5, 5.41) is 0. The van der Waals surface area contributed by atoms with E-state index in [-0.39, 0.29) is 24.0 Å². The second-order valence-corrected chi connectivity index (χ2v) is 5.59. The maximum Gasteiger partial charge on any atom is 0.252 e. The van der Waals surface area contributed by atoms with Gasteiger partial charge in [-0.1, -0.05) is 12.8 Å². The van der Waals surface area contributed by atoms with Crippen LogP contribution in [0.25, 0.3) is 0 Å². The first-order valence-electron chi connectivity index (χ1n) is 5.96. The third kappa shape index (κ3) is 1.42. The Hall–Kier alpha value is -0.470. The summed E-state index contributed by atoms with van der Waals surface area (Å²) in [7, 11) is 0. The standard InChI is InChI=1S/C12H16F2O/c13-12(14)7-9(12)5-10(15)11-4-2-1-3-8(11)6-11/h8-9H,1-7H2. The molecule has 0 aromatic rings. The molecule has 3 atom stereocenters. The van der Waals surface area contributed by atoms with Gasteiger partial charge in [-0.15, -0.1) is 0 Å². The van der Waals surface area contributed by atoms with Crippen molar-refractivity contribution in [3.63, 3.8) is 0 Å². The molecule has 0 radical (unpaired) electrons. The molecule has 3 aliphatic rings. The maximum absolute atomic E-state index is 12.7. The Kier molecular flexibility index (Phi) is 1.82. The van der Waals surface area contributed by atoms with Gasteiger partial charge in [0.1, 0.15) is 5.78 Å². The van der Waals surface area contributed by atoms with Gasteiger partial charge in [-0.25, -0.2) is 8.78 Å². The Bertz CT molecular complexity index is 313. The Labute approximate surface area is 88.2 Å². The van der Waals surface area contributed by atoms with E-state index < -0.39 is 11.8 Å². The lowest BCUT2D eigenvalue weighted by Gasteiger charge is -2.20. The molecule has 0 bridgehead atoms. The van der Waals surface area contributed by atoms with Crippen molar-refractivity contribution in [2.24, 2.45) is 17.3 Å². The fourth-order valence-corrected chi connectivity index (χ4v) is 3.30. The minimum atomic E-state index is -2.52. The maximum atomic E-state index is 12.7. The van der Waals surface area contributed by atoms with Crippen molar-refractivity contribution in [1.29, 1.82) is 0 Å². The van der Waals surface area contributed by atoms with Gasteiger partial charge < -0.3 is 0 Å². The molecule has 0 saturated heterocycles. The average Bonchev–Trinajstić information content (AvgIpc) is 3.02. The van der Waals surface area contributed by atoms with Crippen LogP contribution in [0.1, 0.15) is 44.9 Å². The van der Waals surface area contributed by atoms with Gasteiger partial charge in [-0.3, -0.25) is 4.79 Å².